The lowest BCUT2D eigenvalue weighted by molar-refractivity contribution is 0.274. The van der Waals surface area contributed by atoms with Crippen LogP contribution >= 0.6 is 15.9 Å². The number of methoxy groups -OCH3 is 1. The smallest absolute Gasteiger partial charge is 0.123 e. The fourth-order valence-corrected chi connectivity index (χ4v) is 4.39. The van der Waals surface area contributed by atoms with E-state index >= 15 is 0 Å². The zero-order chi connectivity index (χ0) is 13.2. The molecule has 18 heavy (non-hydrogen) atoms. The molecule has 1 aliphatic rings. The van der Waals surface area contributed by atoms with E-state index in [1.165, 1.54) is 43.2 Å². The molecule has 1 saturated carbocycles. The van der Waals surface area contributed by atoms with Crippen LogP contribution in [0.1, 0.15) is 55.0 Å². The van der Waals surface area contributed by atoms with Gasteiger partial charge >= 0.3 is 0 Å². The van der Waals surface area contributed by atoms with Gasteiger partial charge in [0.25, 0.3) is 0 Å². The first kappa shape index (κ1) is 13.9. The summed E-state index contributed by atoms with van der Waals surface area (Å²) < 4.78 is 5.54. The molecule has 0 spiro atoms. The summed E-state index contributed by atoms with van der Waals surface area (Å²) in [6.45, 7) is 4.47. The number of halogens is 1. The number of rotatable bonds is 4. The van der Waals surface area contributed by atoms with Crippen LogP contribution in [0, 0.1) is 12.3 Å². The highest BCUT2D eigenvalue weighted by atomic mass is 79.9. The number of alkyl halides is 1. The third kappa shape index (κ3) is 2.45. The molecule has 1 nitrogen and oxygen atoms in total. The van der Waals surface area contributed by atoms with Gasteiger partial charge in [-0.3, -0.25) is 0 Å². The molecule has 1 aromatic carbocycles. The molecule has 2 heteroatoms. The molecule has 2 rings (SSSR count). The molecule has 1 atom stereocenters. The molecule has 1 aliphatic carbocycles. The molecule has 0 bridgehead atoms. The summed E-state index contributed by atoms with van der Waals surface area (Å²) in [6, 6.07) is 6.49. The van der Waals surface area contributed by atoms with Gasteiger partial charge in [-0.1, -0.05) is 53.4 Å². The second-order valence-electron chi connectivity index (χ2n) is 5.53. The molecular formula is C16H23BrO. The Morgan fingerprint density at radius 2 is 2.00 bits per heavy atom. The minimum Gasteiger partial charge on any atom is -0.496 e. The number of hydrogen-bond donors (Lipinski definition) is 0. The van der Waals surface area contributed by atoms with Gasteiger partial charge in [-0.25, -0.2) is 0 Å². The molecule has 0 radical (unpaired) electrons. The molecule has 0 amide bonds. The summed E-state index contributed by atoms with van der Waals surface area (Å²) >= 11 is 3.98. The molecular weight excluding hydrogens is 288 g/mol. The van der Waals surface area contributed by atoms with Crippen molar-refractivity contribution in [3.63, 3.8) is 0 Å². The van der Waals surface area contributed by atoms with Crippen molar-refractivity contribution < 1.29 is 4.74 Å². The molecule has 0 saturated heterocycles. The molecule has 100 valence electrons. The van der Waals surface area contributed by atoms with Crippen molar-refractivity contribution in [1.82, 2.24) is 0 Å². The van der Waals surface area contributed by atoms with E-state index in [1.807, 2.05) is 0 Å². The maximum absolute atomic E-state index is 5.54. The number of benzene rings is 1. The van der Waals surface area contributed by atoms with Crippen molar-refractivity contribution in [2.24, 2.45) is 5.41 Å². The van der Waals surface area contributed by atoms with E-state index in [0.717, 1.165) is 5.75 Å². The fourth-order valence-electron chi connectivity index (χ4n) is 3.25. The third-order valence-electron chi connectivity index (χ3n) is 4.50. The topological polar surface area (TPSA) is 9.23 Å². The summed E-state index contributed by atoms with van der Waals surface area (Å²) in [5, 5.41) is 0. The van der Waals surface area contributed by atoms with Crippen LogP contribution in [0.15, 0.2) is 18.2 Å². The average molecular weight is 311 g/mol. The van der Waals surface area contributed by atoms with Gasteiger partial charge in [0.05, 0.1) is 7.11 Å². The lowest BCUT2D eigenvalue weighted by atomic mass is 9.77. The summed E-state index contributed by atoms with van der Waals surface area (Å²) in [4.78, 5) is 0.410. The van der Waals surface area contributed by atoms with Crippen LogP contribution in [-0.4, -0.2) is 7.11 Å². The van der Waals surface area contributed by atoms with Gasteiger partial charge in [-0.2, -0.15) is 0 Å². The van der Waals surface area contributed by atoms with E-state index in [2.05, 4.69) is 48.0 Å². The summed E-state index contributed by atoms with van der Waals surface area (Å²) in [5.74, 6) is 1.02. The van der Waals surface area contributed by atoms with Crippen molar-refractivity contribution in [1.29, 1.82) is 0 Å². The van der Waals surface area contributed by atoms with Gasteiger partial charge in [0.1, 0.15) is 5.75 Å². The first-order valence-corrected chi connectivity index (χ1v) is 7.83. The standard InChI is InChI=1S/C16H23BrO/c1-4-16(9-5-6-10-16)15(17)13-11-12(2)7-8-14(13)18-3/h7-8,11,15H,4-6,9-10H2,1-3H3. The Morgan fingerprint density at radius 1 is 1.33 bits per heavy atom. The normalized spacial score (nSPS) is 19.8. The Bertz CT molecular complexity index is 408. The van der Waals surface area contributed by atoms with E-state index < -0.39 is 0 Å². The maximum atomic E-state index is 5.54. The molecule has 0 aliphatic heterocycles. The van der Waals surface area contributed by atoms with Crippen LogP contribution in [0.25, 0.3) is 0 Å². The molecule has 0 aromatic heterocycles. The van der Waals surface area contributed by atoms with Crippen LogP contribution in [0.2, 0.25) is 0 Å². The highest BCUT2D eigenvalue weighted by molar-refractivity contribution is 9.09. The number of aryl methyl sites for hydroxylation is 1. The molecule has 1 unspecified atom stereocenters. The minimum atomic E-state index is 0.410. The Hall–Kier alpha value is -0.500. The van der Waals surface area contributed by atoms with Gasteiger partial charge in [-0.05, 0) is 37.7 Å². The van der Waals surface area contributed by atoms with Crippen molar-refractivity contribution in [2.45, 2.75) is 50.8 Å². The summed E-state index contributed by atoms with van der Waals surface area (Å²) in [7, 11) is 1.77. The average Bonchev–Trinajstić information content (AvgIpc) is 2.87. The number of ether oxygens (including phenoxy) is 1. The van der Waals surface area contributed by atoms with Gasteiger partial charge in [-0.15, -0.1) is 0 Å². The van der Waals surface area contributed by atoms with Gasteiger partial charge in [0, 0.05) is 10.4 Å². The summed E-state index contributed by atoms with van der Waals surface area (Å²) in [6.07, 6.45) is 6.63. The predicted octanol–water partition coefficient (Wildman–Crippen LogP) is 5.41. The predicted molar refractivity (Wildman–Crippen MR) is 80.6 cm³/mol. The van der Waals surface area contributed by atoms with E-state index in [4.69, 9.17) is 4.74 Å². The van der Waals surface area contributed by atoms with Crippen molar-refractivity contribution in [3.05, 3.63) is 29.3 Å². The van der Waals surface area contributed by atoms with Crippen LogP contribution in [0.3, 0.4) is 0 Å². The molecule has 1 aromatic rings. The zero-order valence-corrected chi connectivity index (χ0v) is 13.2. The third-order valence-corrected chi connectivity index (χ3v) is 5.96. The second kappa shape index (κ2) is 5.64. The van der Waals surface area contributed by atoms with E-state index in [-0.39, 0.29) is 0 Å². The van der Waals surface area contributed by atoms with Gasteiger partial charge in [0.2, 0.25) is 0 Å². The molecule has 0 heterocycles. The van der Waals surface area contributed by atoms with Crippen LogP contribution in [0.4, 0.5) is 0 Å². The summed E-state index contributed by atoms with van der Waals surface area (Å²) in [5.41, 5.74) is 3.04. The molecule has 1 fully saturated rings. The van der Waals surface area contributed by atoms with Crippen molar-refractivity contribution >= 4 is 15.9 Å². The van der Waals surface area contributed by atoms with E-state index in [9.17, 15) is 0 Å². The van der Waals surface area contributed by atoms with Crippen LogP contribution in [0.5, 0.6) is 5.75 Å². The largest absolute Gasteiger partial charge is 0.496 e. The fraction of sp³-hybridized carbons (Fsp3) is 0.625. The number of hydrogen-bond acceptors (Lipinski definition) is 1. The quantitative estimate of drug-likeness (QED) is 0.676. The highest BCUT2D eigenvalue weighted by Gasteiger charge is 2.40. The first-order valence-electron chi connectivity index (χ1n) is 6.91. The maximum Gasteiger partial charge on any atom is 0.123 e. The van der Waals surface area contributed by atoms with E-state index in [0.29, 0.717) is 10.2 Å². The lowest BCUT2D eigenvalue weighted by Gasteiger charge is -2.34. The molecule has 0 N–H and O–H groups in total. The second-order valence-corrected chi connectivity index (χ2v) is 6.45. The Labute approximate surface area is 119 Å². The zero-order valence-electron chi connectivity index (χ0n) is 11.6. The van der Waals surface area contributed by atoms with Crippen LogP contribution in [-0.2, 0) is 0 Å². The van der Waals surface area contributed by atoms with Crippen LogP contribution < -0.4 is 4.74 Å². The first-order chi connectivity index (χ1) is 8.63. The lowest BCUT2D eigenvalue weighted by Crippen LogP contribution is -2.21. The Morgan fingerprint density at radius 3 is 2.56 bits per heavy atom. The van der Waals surface area contributed by atoms with Gasteiger partial charge in [0.15, 0.2) is 0 Å². The Kier molecular flexibility index (Phi) is 4.37. The van der Waals surface area contributed by atoms with Crippen molar-refractivity contribution in [3.8, 4) is 5.75 Å². The monoisotopic (exact) mass is 310 g/mol. The van der Waals surface area contributed by atoms with Gasteiger partial charge < -0.3 is 4.74 Å². The SMILES string of the molecule is CCC1(C(Br)c2cc(C)ccc2OC)CCCC1. The van der Waals surface area contributed by atoms with E-state index in [1.54, 1.807) is 7.11 Å². The highest BCUT2D eigenvalue weighted by Crippen LogP contribution is 2.55. The minimum absolute atomic E-state index is 0.410. The Balaban J connectivity index is 2.37. The van der Waals surface area contributed by atoms with Crippen molar-refractivity contribution in [2.75, 3.05) is 7.11 Å².